The molecule has 3 heteroatoms. The average molecular weight is 270 g/mol. The number of hydrogen-bond acceptors (Lipinski definition) is 2. The van der Waals surface area contributed by atoms with Crippen LogP contribution >= 0.6 is 0 Å². The van der Waals surface area contributed by atoms with E-state index in [1.807, 2.05) is 0 Å². The van der Waals surface area contributed by atoms with Crippen LogP contribution in [0.5, 0.6) is 0 Å². The lowest BCUT2D eigenvalue weighted by Crippen LogP contribution is -2.36. The number of morpholine rings is 1. The number of benzene rings is 1. The van der Waals surface area contributed by atoms with Crippen LogP contribution in [-0.2, 0) is 11.2 Å². The van der Waals surface area contributed by atoms with Gasteiger partial charge in [-0.25, -0.2) is 0 Å². The molecule has 1 aromatic carbocycles. The van der Waals surface area contributed by atoms with E-state index in [1.54, 1.807) is 0 Å². The van der Waals surface area contributed by atoms with Crippen molar-refractivity contribution in [1.82, 2.24) is 9.47 Å². The van der Waals surface area contributed by atoms with E-state index in [0.29, 0.717) is 0 Å². The molecule has 3 nitrogen and oxygen atoms in total. The predicted molar refractivity (Wildman–Crippen MR) is 81.3 cm³/mol. The van der Waals surface area contributed by atoms with Gasteiger partial charge in [0.25, 0.3) is 0 Å². The van der Waals surface area contributed by atoms with Crippen LogP contribution < -0.4 is 0 Å². The van der Waals surface area contributed by atoms with Crippen LogP contribution in [0.25, 0.3) is 5.69 Å². The molecule has 1 aliphatic heterocycles. The van der Waals surface area contributed by atoms with E-state index in [0.717, 1.165) is 32.7 Å². The van der Waals surface area contributed by atoms with E-state index < -0.39 is 0 Å². The standard InChI is InChI=1S/C17H22N2O/c1-2-10-19(9-1)17-7-3-5-16(15-17)6-4-8-18-11-13-20-14-12-18/h1-3,5,7,9-10,15H,4,6,8,11-14H2. The van der Waals surface area contributed by atoms with Crippen LogP contribution in [0.3, 0.4) is 0 Å². The molecule has 0 radical (unpaired) electrons. The molecule has 1 aliphatic rings. The third kappa shape index (κ3) is 3.50. The summed E-state index contributed by atoms with van der Waals surface area (Å²) < 4.78 is 7.54. The van der Waals surface area contributed by atoms with Gasteiger partial charge in [0.15, 0.2) is 0 Å². The second-order valence-electron chi connectivity index (χ2n) is 5.32. The van der Waals surface area contributed by atoms with Gasteiger partial charge >= 0.3 is 0 Å². The van der Waals surface area contributed by atoms with Gasteiger partial charge in [0.2, 0.25) is 0 Å². The van der Waals surface area contributed by atoms with Crippen molar-refractivity contribution >= 4 is 0 Å². The number of aryl methyl sites for hydroxylation is 1. The molecule has 3 rings (SSSR count). The summed E-state index contributed by atoms with van der Waals surface area (Å²) in [5.74, 6) is 0. The van der Waals surface area contributed by atoms with Gasteiger partial charge in [-0.15, -0.1) is 0 Å². The number of rotatable bonds is 5. The molecule has 0 N–H and O–H groups in total. The molecule has 0 aliphatic carbocycles. The molecule has 0 spiro atoms. The van der Waals surface area contributed by atoms with E-state index in [4.69, 9.17) is 4.74 Å². The first-order valence-corrected chi connectivity index (χ1v) is 7.44. The monoisotopic (exact) mass is 270 g/mol. The Balaban J connectivity index is 1.53. The minimum Gasteiger partial charge on any atom is -0.379 e. The van der Waals surface area contributed by atoms with Gasteiger partial charge in [0, 0.05) is 31.2 Å². The van der Waals surface area contributed by atoms with Crippen LogP contribution in [0.1, 0.15) is 12.0 Å². The van der Waals surface area contributed by atoms with Crippen molar-refractivity contribution in [3.63, 3.8) is 0 Å². The van der Waals surface area contributed by atoms with Gasteiger partial charge in [-0.05, 0) is 49.2 Å². The van der Waals surface area contributed by atoms with Crippen LogP contribution in [0.2, 0.25) is 0 Å². The summed E-state index contributed by atoms with van der Waals surface area (Å²) in [6.45, 7) is 5.14. The van der Waals surface area contributed by atoms with Crippen LogP contribution in [0.15, 0.2) is 48.8 Å². The average Bonchev–Trinajstić information content (AvgIpc) is 3.03. The zero-order valence-corrected chi connectivity index (χ0v) is 11.9. The van der Waals surface area contributed by atoms with Crippen molar-refractivity contribution in [1.29, 1.82) is 0 Å². The molecule has 1 saturated heterocycles. The highest BCUT2D eigenvalue weighted by molar-refractivity contribution is 5.36. The number of ether oxygens (including phenoxy) is 1. The summed E-state index contributed by atoms with van der Waals surface area (Å²) in [5.41, 5.74) is 2.67. The Morgan fingerprint density at radius 3 is 2.60 bits per heavy atom. The summed E-state index contributed by atoms with van der Waals surface area (Å²) in [6, 6.07) is 13.0. The fourth-order valence-corrected chi connectivity index (χ4v) is 2.71. The summed E-state index contributed by atoms with van der Waals surface area (Å²) >= 11 is 0. The van der Waals surface area contributed by atoms with Crippen LogP contribution in [0.4, 0.5) is 0 Å². The first-order chi connectivity index (χ1) is 9.92. The maximum atomic E-state index is 5.38. The van der Waals surface area contributed by atoms with Gasteiger partial charge in [-0.3, -0.25) is 4.90 Å². The Kier molecular flexibility index (Phi) is 4.51. The van der Waals surface area contributed by atoms with E-state index in [2.05, 4.69) is 58.3 Å². The Labute approximate surface area is 120 Å². The SMILES string of the molecule is c1cc(CCCN2CCOCC2)cc(-n2cccc2)c1. The van der Waals surface area contributed by atoms with Gasteiger partial charge < -0.3 is 9.30 Å². The van der Waals surface area contributed by atoms with E-state index >= 15 is 0 Å². The molecule has 1 aromatic heterocycles. The topological polar surface area (TPSA) is 17.4 Å². The molecule has 0 bridgehead atoms. The number of hydrogen-bond donors (Lipinski definition) is 0. The Hall–Kier alpha value is -1.58. The highest BCUT2D eigenvalue weighted by Crippen LogP contribution is 2.13. The molecular formula is C17H22N2O. The van der Waals surface area contributed by atoms with Crippen molar-refractivity contribution in [3.05, 3.63) is 54.4 Å². The number of aromatic nitrogens is 1. The zero-order valence-electron chi connectivity index (χ0n) is 11.9. The lowest BCUT2D eigenvalue weighted by Gasteiger charge is -2.26. The molecule has 2 heterocycles. The fourth-order valence-electron chi connectivity index (χ4n) is 2.71. The van der Waals surface area contributed by atoms with Gasteiger partial charge in [-0.1, -0.05) is 12.1 Å². The molecule has 0 amide bonds. The largest absolute Gasteiger partial charge is 0.379 e. The summed E-state index contributed by atoms with van der Waals surface area (Å²) in [4.78, 5) is 2.50. The third-order valence-electron chi connectivity index (χ3n) is 3.86. The molecule has 0 unspecified atom stereocenters. The predicted octanol–water partition coefficient (Wildman–Crippen LogP) is 2.74. The van der Waals surface area contributed by atoms with Crippen LogP contribution in [0, 0.1) is 0 Å². The van der Waals surface area contributed by atoms with Gasteiger partial charge in [0.1, 0.15) is 0 Å². The quantitative estimate of drug-likeness (QED) is 0.831. The second-order valence-corrected chi connectivity index (χ2v) is 5.32. The Bertz CT molecular complexity index is 516. The highest BCUT2D eigenvalue weighted by Gasteiger charge is 2.09. The molecule has 0 saturated carbocycles. The van der Waals surface area contributed by atoms with Crippen molar-refractivity contribution in [2.45, 2.75) is 12.8 Å². The first-order valence-electron chi connectivity index (χ1n) is 7.44. The Morgan fingerprint density at radius 2 is 1.80 bits per heavy atom. The summed E-state index contributed by atoms with van der Waals surface area (Å²) in [5, 5.41) is 0. The molecule has 106 valence electrons. The zero-order chi connectivity index (χ0) is 13.6. The third-order valence-corrected chi connectivity index (χ3v) is 3.86. The maximum Gasteiger partial charge on any atom is 0.0594 e. The lowest BCUT2D eigenvalue weighted by atomic mass is 10.1. The van der Waals surface area contributed by atoms with Gasteiger partial charge in [0.05, 0.1) is 13.2 Å². The van der Waals surface area contributed by atoms with E-state index in [-0.39, 0.29) is 0 Å². The van der Waals surface area contributed by atoms with E-state index in [1.165, 1.54) is 24.2 Å². The smallest absolute Gasteiger partial charge is 0.0594 e. The molecular weight excluding hydrogens is 248 g/mol. The molecule has 0 atom stereocenters. The number of nitrogens with zero attached hydrogens (tertiary/aromatic N) is 2. The highest BCUT2D eigenvalue weighted by atomic mass is 16.5. The minimum atomic E-state index is 0.892. The van der Waals surface area contributed by atoms with Crippen molar-refractivity contribution in [3.8, 4) is 5.69 Å². The van der Waals surface area contributed by atoms with E-state index in [9.17, 15) is 0 Å². The van der Waals surface area contributed by atoms with Gasteiger partial charge in [-0.2, -0.15) is 0 Å². The van der Waals surface area contributed by atoms with Crippen molar-refractivity contribution in [2.24, 2.45) is 0 Å². The van der Waals surface area contributed by atoms with Crippen LogP contribution in [-0.4, -0.2) is 42.3 Å². The summed E-state index contributed by atoms with van der Waals surface area (Å²) in [7, 11) is 0. The molecule has 1 fully saturated rings. The fraction of sp³-hybridized carbons (Fsp3) is 0.412. The van der Waals surface area contributed by atoms with Crippen molar-refractivity contribution in [2.75, 3.05) is 32.8 Å². The minimum absolute atomic E-state index is 0.892. The summed E-state index contributed by atoms with van der Waals surface area (Å²) in [6.07, 6.45) is 6.54. The molecule has 20 heavy (non-hydrogen) atoms. The first kappa shape index (κ1) is 13.4. The lowest BCUT2D eigenvalue weighted by molar-refractivity contribution is 0.0375. The molecule has 2 aromatic rings. The second kappa shape index (κ2) is 6.73. The van der Waals surface area contributed by atoms with Crippen molar-refractivity contribution < 1.29 is 4.74 Å². The Morgan fingerprint density at radius 1 is 1.00 bits per heavy atom. The normalized spacial score (nSPS) is 16.4. The maximum absolute atomic E-state index is 5.38.